The Labute approximate surface area is 120 Å². The maximum absolute atomic E-state index is 10.9. The van der Waals surface area contributed by atoms with Gasteiger partial charge in [0.25, 0.3) is 0 Å². The third-order valence-electron chi connectivity index (χ3n) is 3.46. The van der Waals surface area contributed by atoms with E-state index in [4.69, 9.17) is 5.73 Å². The van der Waals surface area contributed by atoms with Crippen LogP contribution in [0.3, 0.4) is 0 Å². The SMILES string of the molecule is NCCc1c[nH]c2ccc(Cn3ccnc3[N+](=O)[O-])cc12. The minimum Gasteiger partial charge on any atom is -0.390 e. The minimum absolute atomic E-state index is 0.147. The van der Waals surface area contributed by atoms with E-state index in [9.17, 15) is 10.1 Å². The Balaban J connectivity index is 1.95. The summed E-state index contributed by atoms with van der Waals surface area (Å²) in [6.07, 6.45) is 5.81. The Morgan fingerprint density at radius 3 is 3.05 bits per heavy atom. The van der Waals surface area contributed by atoms with E-state index in [1.165, 1.54) is 10.8 Å². The molecule has 0 aliphatic rings. The average Bonchev–Trinajstić information content (AvgIpc) is 3.07. The number of nitrogens with two attached hydrogens (primary N) is 1. The summed E-state index contributed by atoms with van der Waals surface area (Å²) in [5.74, 6) is -0.147. The number of aromatic nitrogens is 3. The molecule has 0 aliphatic carbocycles. The van der Waals surface area contributed by atoms with Gasteiger partial charge >= 0.3 is 5.95 Å². The lowest BCUT2D eigenvalue weighted by Crippen LogP contribution is -2.04. The van der Waals surface area contributed by atoms with Crippen molar-refractivity contribution >= 4 is 16.9 Å². The fraction of sp³-hybridized carbons (Fsp3) is 0.214. The minimum atomic E-state index is -0.478. The molecule has 0 saturated heterocycles. The van der Waals surface area contributed by atoms with Crippen molar-refractivity contribution in [2.75, 3.05) is 6.54 Å². The van der Waals surface area contributed by atoms with Gasteiger partial charge in [0.2, 0.25) is 0 Å². The third kappa shape index (κ3) is 2.50. The first kappa shape index (κ1) is 13.3. The molecule has 0 saturated carbocycles. The molecule has 2 heterocycles. The van der Waals surface area contributed by atoms with E-state index in [1.54, 1.807) is 6.20 Å². The fourth-order valence-corrected chi connectivity index (χ4v) is 2.48. The van der Waals surface area contributed by atoms with Crippen LogP contribution in [-0.2, 0) is 13.0 Å². The molecule has 1 aromatic carbocycles. The van der Waals surface area contributed by atoms with Crippen LogP contribution in [0.1, 0.15) is 11.1 Å². The van der Waals surface area contributed by atoms with Crippen molar-refractivity contribution in [3.05, 3.63) is 58.0 Å². The van der Waals surface area contributed by atoms with Crippen molar-refractivity contribution in [1.82, 2.24) is 14.5 Å². The predicted molar refractivity (Wildman–Crippen MR) is 79.0 cm³/mol. The maximum atomic E-state index is 10.9. The molecular weight excluding hydrogens is 270 g/mol. The Morgan fingerprint density at radius 1 is 1.43 bits per heavy atom. The number of nitrogens with one attached hydrogen (secondary N) is 1. The summed E-state index contributed by atoms with van der Waals surface area (Å²) in [7, 11) is 0. The van der Waals surface area contributed by atoms with E-state index in [-0.39, 0.29) is 5.95 Å². The highest BCUT2D eigenvalue weighted by molar-refractivity contribution is 5.83. The van der Waals surface area contributed by atoms with Crippen LogP contribution in [0.25, 0.3) is 10.9 Å². The van der Waals surface area contributed by atoms with Gasteiger partial charge in [-0.3, -0.25) is 0 Å². The molecule has 3 N–H and O–H groups in total. The topological polar surface area (TPSA) is 103 Å². The summed E-state index contributed by atoms with van der Waals surface area (Å²) < 4.78 is 1.52. The van der Waals surface area contributed by atoms with Crippen LogP contribution in [0, 0.1) is 10.1 Å². The summed E-state index contributed by atoms with van der Waals surface area (Å²) in [6, 6.07) is 5.97. The molecule has 0 aliphatic heterocycles. The summed E-state index contributed by atoms with van der Waals surface area (Å²) in [5, 5.41) is 12.0. The number of imidazole rings is 1. The van der Waals surface area contributed by atoms with E-state index in [2.05, 4.69) is 9.97 Å². The molecule has 3 rings (SSSR count). The van der Waals surface area contributed by atoms with E-state index >= 15 is 0 Å². The predicted octanol–water partition coefficient (Wildman–Crippen LogP) is 1.82. The van der Waals surface area contributed by atoms with Crippen LogP contribution >= 0.6 is 0 Å². The van der Waals surface area contributed by atoms with Gasteiger partial charge in [-0.25, -0.2) is 4.57 Å². The van der Waals surface area contributed by atoms with Crippen LogP contribution in [0.4, 0.5) is 5.95 Å². The second-order valence-electron chi connectivity index (χ2n) is 4.84. The average molecular weight is 285 g/mol. The van der Waals surface area contributed by atoms with Crippen LogP contribution in [0.15, 0.2) is 36.8 Å². The number of nitro groups is 1. The van der Waals surface area contributed by atoms with Crippen molar-refractivity contribution in [3.63, 3.8) is 0 Å². The highest BCUT2D eigenvalue weighted by Crippen LogP contribution is 2.21. The maximum Gasteiger partial charge on any atom is 0.434 e. The van der Waals surface area contributed by atoms with Gasteiger partial charge in [-0.15, -0.1) is 0 Å². The molecule has 0 bridgehead atoms. The number of hydrogen-bond donors (Lipinski definition) is 2. The highest BCUT2D eigenvalue weighted by atomic mass is 16.6. The van der Waals surface area contributed by atoms with Gasteiger partial charge in [-0.05, 0) is 41.1 Å². The lowest BCUT2D eigenvalue weighted by atomic mass is 10.1. The Bertz CT molecular complexity index is 790. The van der Waals surface area contributed by atoms with Crippen LogP contribution in [0.2, 0.25) is 0 Å². The van der Waals surface area contributed by atoms with Crippen LogP contribution in [-0.4, -0.2) is 26.0 Å². The number of aromatic amines is 1. The molecule has 2 aromatic heterocycles. The number of H-pyrrole nitrogens is 1. The first-order valence-electron chi connectivity index (χ1n) is 6.63. The molecule has 0 spiro atoms. The first-order valence-corrected chi connectivity index (χ1v) is 6.63. The summed E-state index contributed by atoms with van der Waals surface area (Å²) in [4.78, 5) is 17.4. The summed E-state index contributed by atoms with van der Waals surface area (Å²) >= 11 is 0. The first-order chi connectivity index (χ1) is 10.2. The van der Waals surface area contributed by atoms with Gasteiger partial charge in [0.05, 0.1) is 6.54 Å². The van der Waals surface area contributed by atoms with Crippen molar-refractivity contribution < 1.29 is 4.92 Å². The molecule has 0 atom stereocenters. The fourth-order valence-electron chi connectivity index (χ4n) is 2.48. The molecule has 21 heavy (non-hydrogen) atoms. The van der Waals surface area contributed by atoms with Gasteiger partial charge in [-0.1, -0.05) is 11.1 Å². The second kappa shape index (κ2) is 5.37. The third-order valence-corrected chi connectivity index (χ3v) is 3.46. The molecule has 3 aromatic rings. The number of benzene rings is 1. The monoisotopic (exact) mass is 285 g/mol. The molecule has 0 unspecified atom stereocenters. The van der Waals surface area contributed by atoms with Crippen molar-refractivity contribution in [2.24, 2.45) is 5.73 Å². The molecule has 0 radical (unpaired) electrons. The Kier molecular flexibility index (Phi) is 3.41. The van der Waals surface area contributed by atoms with Gasteiger partial charge in [0.15, 0.2) is 0 Å². The summed E-state index contributed by atoms with van der Waals surface area (Å²) in [6.45, 7) is 1.00. The van der Waals surface area contributed by atoms with Crippen molar-refractivity contribution in [1.29, 1.82) is 0 Å². The molecule has 0 fully saturated rings. The molecule has 7 heteroatoms. The Hall–Kier alpha value is -2.67. The zero-order valence-corrected chi connectivity index (χ0v) is 11.3. The molecule has 108 valence electrons. The zero-order valence-electron chi connectivity index (χ0n) is 11.3. The van der Waals surface area contributed by atoms with E-state index < -0.39 is 4.92 Å². The number of nitrogens with zero attached hydrogens (tertiary/aromatic N) is 3. The molecule has 0 amide bonds. The van der Waals surface area contributed by atoms with E-state index in [0.717, 1.165) is 28.5 Å². The van der Waals surface area contributed by atoms with Crippen molar-refractivity contribution in [2.45, 2.75) is 13.0 Å². The standard InChI is InChI=1S/C14H15N5O2/c15-4-3-11-8-17-13-2-1-10(7-12(11)13)9-18-6-5-16-14(18)19(20)21/h1-2,5-8,17H,3-4,9,15H2. The van der Waals surface area contributed by atoms with Gasteiger partial charge < -0.3 is 20.8 Å². The lowest BCUT2D eigenvalue weighted by molar-refractivity contribution is -0.396. The largest absolute Gasteiger partial charge is 0.434 e. The van der Waals surface area contributed by atoms with Gasteiger partial charge in [0, 0.05) is 17.1 Å². The van der Waals surface area contributed by atoms with E-state index in [0.29, 0.717) is 13.1 Å². The summed E-state index contributed by atoms with van der Waals surface area (Å²) in [5.41, 5.74) is 8.80. The molecule has 7 nitrogen and oxygen atoms in total. The Morgan fingerprint density at radius 2 is 2.29 bits per heavy atom. The van der Waals surface area contributed by atoms with Crippen LogP contribution < -0.4 is 5.73 Å². The van der Waals surface area contributed by atoms with Crippen molar-refractivity contribution in [3.8, 4) is 0 Å². The van der Waals surface area contributed by atoms with Gasteiger partial charge in [0.1, 0.15) is 12.4 Å². The number of rotatable bonds is 5. The molecular formula is C14H15N5O2. The number of hydrogen-bond acceptors (Lipinski definition) is 4. The quantitative estimate of drug-likeness (QED) is 0.551. The normalized spacial score (nSPS) is 11.1. The van der Waals surface area contributed by atoms with E-state index in [1.807, 2.05) is 24.4 Å². The number of fused-ring (bicyclic) bond motifs is 1. The zero-order chi connectivity index (χ0) is 14.8. The smallest absolute Gasteiger partial charge is 0.390 e. The van der Waals surface area contributed by atoms with Crippen LogP contribution in [0.5, 0.6) is 0 Å². The highest BCUT2D eigenvalue weighted by Gasteiger charge is 2.14. The van der Waals surface area contributed by atoms with Gasteiger partial charge in [-0.2, -0.15) is 0 Å². The lowest BCUT2D eigenvalue weighted by Gasteiger charge is -2.03. The second-order valence-corrected chi connectivity index (χ2v) is 4.84.